The molecule has 3 aromatic rings. The number of nitrogens with zero attached hydrogens (tertiary/aromatic N) is 2. The molecule has 0 saturated carbocycles. The molecule has 5 aliphatic heterocycles. The Morgan fingerprint density at radius 1 is 1.02 bits per heavy atom. The average molecular weight is 776 g/mol. The first kappa shape index (κ1) is 38.0. The molecule has 1 N–H and O–H groups in total. The van der Waals surface area contributed by atoms with E-state index in [1.165, 1.54) is 33.3 Å². The van der Waals surface area contributed by atoms with E-state index in [2.05, 4.69) is 66.4 Å². The lowest BCUT2D eigenvalue weighted by molar-refractivity contribution is -0.120. The topological polar surface area (TPSA) is 80.1 Å². The monoisotopic (exact) mass is 775 g/mol. The molecule has 0 unspecified atom stereocenters. The van der Waals surface area contributed by atoms with Gasteiger partial charge in [0.05, 0.1) is 5.56 Å². The molecule has 0 aromatic heterocycles. The summed E-state index contributed by atoms with van der Waals surface area (Å²) in [6.45, 7) is 14.0. The van der Waals surface area contributed by atoms with Crippen LogP contribution in [0, 0.1) is 11.7 Å². The molecule has 5 heterocycles. The fourth-order valence-corrected chi connectivity index (χ4v) is 11.0. The van der Waals surface area contributed by atoms with Gasteiger partial charge in [-0.15, -0.1) is 0 Å². The maximum atomic E-state index is 13.7. The molecule has 8 rings (SSSR count). The maximum absolute atomic E-state index is 13.7. The number of ether oxygens (including phenoxy) is 3. The van der Waals surface area contributed by atoms with E-state index in [-0.39, 0.29) is 10.7 Å². The van der Waals surface area contributed by atoms with Crippen molar-refractivity contribution in [1.29, 1.82) is 0 Å². The zero-order valence-electron chi connectivity index (χ0n) is 32.5. The van der Waals surface area contributed by atoms with Crippen molar-refractivity contribution in [2.45, 2.75) is 89.6 Å². The molecule has 0 fully saturated rings. The van der Waals surface area contributed by atoms with Gasteiger partial charge in [-0.1, -0.05) is 47.2 Å². The van der Waals surface area contributed by atoms with Crippen LogP contribution in [-0.2, 0) is 35.2 Å². The first-order valence-corrected chi connectivity index (χ1v) is 22.2. The molecule has 1 amide bonds. The van der Waals surface area contributed by atoms with Crippen molar-refractivity contribution in [3.63, 3.8) is 0 Å². The number of benzene rings is 3. The van der Waals surface area contributed by atoms with E-state index in [1.54, 1.807) is 27.7 Å². The average Bonchev–Trinajstić information content (AvgIpc) is 3.18. The molecule has 0 aliphatic carbocycles. The molecule has 8 nitrogen and oxygen atoms in total. The van der Waals surface area contributed by atoms with E-state index < -0.39 is 0 Å². The molecular weight excluding hydrogens is 725 g/mol. The van der Waals surface area contributed by atoms with E-state index in [9.17, 15) is 9.59 Å². The zero-order chi connectivity index (χ0) is 38.1. The van der Waals surface area contributed by atoms with Crippen LogP contribution in [0.25, 0.3) is 5.57 Å². The predicted octanol–water partition coefficient (Wildman–Crippen LogP) is 6.01. The molecule has 1 radical (unpaired) electrons. The van der Waals surface area contributed by atoms with E-state index in [0.29, 0.717) is 42.7 Å². The Hall–Kier alpha value is -3.85. The van der Waals surface area contributed by atoms with Crippen molar-refractivity contribution in [2.24, 2.45) is 0 Å². The number of anilines is 1. The third kappa shape index (κ3) is 7.79. The molecule has 3 aromatic carbocycles. The van der Waals surface area contributed by atoms with Crippen molar-refractivity contribution < 1.29 is 23.8 Å². The van der Waals surface area contributed by atoms with Gasteiger partial charge in [-0.25, -0.2) is 4.58 Å². The van der Waals surface area contributed by atoms with E-state index >= 15 is 0 Å². The fraction of sp³-hybridized carbons (Fsp3) is 0.477. The van der Waals surface area contributed by atoms with Gasteiger partial charge in [-0.3, -0.25) is 9.59 Å². The standard InChI is InChI=1S/C44H49BN3O5S2/c1-28(2)45-16-9-21-51-27-54-55-44(3,4)25-46-43(50)31-14-15-32(37(24-31)52-26-49)38-35-22-29-10-5-17-47-19-7-12-33(39(29)47)41(35)53-42-34-13-8-20-48-18-6-11-30(40(34)48)23-36(38)42/h14-15,22-24,26,28H,5-8,10-13,17-21,25,27H2,1-4H3/p+1. The lowest BCUT2D eigenvalue weighted by atomic mass is 9.67. The van der Waals surface area contributed by atoms with Crippen molar-refractivity contribution in [3.8, 4) is 29.0 Å². The normalized spacial score (nSPS) is 16.5. The van der Waals surface area contributed by atoms with Gasteiger partial charge in [0.25, 0.3) is 12.4 Å². The SMILES string of the molecule is CC(C)[B]C#CCOCSSC(C)(C)CNC(=O)c1ccc(C2=c3cc4c5c(c3Oc3c2cc2c6c3CCCN6CCC2)CCC[N+]=5CCC4)c(OC=O)c1. The second-order valence-corrected chi connectivity index (χ2v) is 19.1. The van der Waals surface area contributed by atoms with Crippen LogP contribution in [0.3, 0.4) is 0 Å². The molecule has 11 heteroatoms. The number of rotatable bonds is 12. The third-order valence-corrected chi connectivity index (χ3v) is 14.1. The predicted molar refractivity (Wildman–Crippen MR) is 224 cm³/mol. The van der Waals surface area contributed by atoms with E-state index in [4.69, 9.17) is 14.2 Å². The highest BCUT2D eigenvalue weighted by Crippen LogP contribution is 2.49. The van der Waals surface area contributed by atoms with Gasteiger partial charge in [0.1, 0.15) is 42.9 Å². The molecule has 0 bridgehead atoms. The number of carbonyl (C=O) groups excluding carboxylic acids is 2. The summed E-state index contributed by atoms with van der Waals surface area (Å²) in [7, 11) is 5.23. The number of amides is 1. The summed E-state index contributed by atoms with van der Waals surface area (Å²) in [4.78, 5) is 28.4. The summed E-state index contributed by atoms with van der Waals surface area (Å²) in [5, 5.41) is 5.53. The van der Waals surface area contributed by atoms with E-state index in [1.807, 2.05) is 19.4 Å². The lowest BCUT2D eigenvalue weighted by Crippen LogP contribution is -2.45. The van der Waals surface area contributed by atoms with Crippen molar-refractivity contribution in [1.82, 2.24) is 9.89 Å². The first-order valence-electron chi connectivity index (χ1n) is 19.9. The Morgan fingerprint density at radius 2 is 1.80 bits per heavy atom. The van der Waals surface area contributed by atoms with Crippen LogP contribution in [0.4, 0.5) is 5.69 Å². The highest BCUT2D eigenvalue weighted by atomic mass is 33.1. The van der Waals surface area contributed by atoms with Crippen LogP contribution >= 0.6 is 21.6 Å². The van der Waals surface area contributed by atoms with Crippen LogP contribution in [0.5, 0.6) is 17.2 Å². The van der Waals surface area contributed by atoms with Crippen LogP contribution in [0.15, 0.2) is 30.3 Å². The van der Waals surface area contributed by atoms with Crippen molar-refractivity contribution in [2.75, 3.05) is 50.2 Å². The van der Waals surface area contributed by atoms with Crippen LogP contribution in [0.1, 0.15) is 97.1 Å². The summed E-state index contributed by atoms with van der Waals surface area (Å²) in [6.07, 6.45) is 8.44. The van der Waals surface area contributed by atoms with Crippen LogP contribution in [0.2, 0.25) is 5.82 Å². The fourth-order valence-electron chi connectivity index (χ4n) is 8.83. The van der Waals surface area contributed by atoms with Crippen LogP contribution in [-0.4, -0.2) is 69.7 Å². The number of hydrogen-bond acceptors (Lipinski definition) is 8. The molecule has 55 heavy (non-hydrogen) atoms. The summed E-state index contributed by atoms with van der Waals surface area (Å²) in [5.41, 5.74) is 9.99. The van der Waals surface area contributed by atoms with E-state index in [0.717, 1.165) is 111 Å². The van der Waals surface area contributed by atoms with Gasteiger partial charge < -0.3 is 24.4 Å². The zero-order valence-corrected chi connectivity index (χ0v) is 34.1. The van der Waals surface area contributed by atoms with Gasteiger partial charge in [-0.05, 0) is 88.3 Å². The quantitative estimate of drug-likeness (QED) is 0.0357. The summed E-state index contributed by atoms with van der Waals surface area (Å²) in [6, 6.07) is 10.2. The second-order valence-electron chi connectivity index (χ2n) is 16.1. The maximum Gasteiger partial charge on any atom is 0.298 e. The van der Waals surface area contributed by atoms with Crippen LogP contribution < -0.4 is 34.8 Å². The van der Waals surface area contributed by atoms with Crippen molar-refractivity contribution in [3.05, 3.63) is 79.9 Å². The lowest BCUT2D eigenvalue weighted by Gasteiger charge is -2.39. The Labute approximate surface area is 333 Å². The molecular formula is C44H50BN3O5S2+. The van der Waals surface area contributed by atoms with Gasteiger partial charge in [0.2, 0.25) is 12.6 Å². The Kier molecular flexibility index (Phi) is 11.3. The number of fused-ring (bicyclic) bond motifs is 4. The molecule has 5 aliphatic rings. The van der Waals surface area contributed by atoms with Gasteiger partial charge in [0, 0.05) is 81.5 Å². The van der Waals surface area contributed by atoms with Gasteiger partial charge in [0.15, 0.2) is 0 Å². The molecule has 0 spiro atoms. The number of hydrogen-bond donors (Lipinski definition) is 1. The highest BCUT2D eigenvalue weighted by molar-refractivity contribution is 8.77. The first-order chi connectivity index (χ1) is 26.7. The number of nitrogens with one attached hydrogen (secondary N) is 1. The number of aryl methyl sites for hydroxylation is 2. The third-order valence-electron chi connectivity index (χ3n) is 11.2. The minimum Gasteiger partial charge on any atom is -0.455 e. The minimum atomic E-state index is -0.252. The summed E-state index contributed by atoms with van der Waals surface area (Å²) in [5.74, 6) is 9.01. The molecule has 0 atom stereocenters. The molecule has 0 saturated heterocycles. The number of carbonyl (C=O) groups is 2. The Balaban J connectivity index is 1.13. The largest absolute Gasteiger partial charge is 0.455 e. The summed E-state index contributed by atoms with van der Waals surface area (Å²) < 4.78 is 20.9. The summed E-state index contributed by atoms with van der Waals surface area (Å²) >= 11 is 0. The molecule has 285 valence electrons. The van der Waals surface area contributed by atoms with Gasteiger partial charge >= 0.3 is 0 Å². The Morgan fingerprint density at radius 3 is 2.62 bits per heavy atom. The second kappa shape index (κ2) is 16.3. The van der Waals surface area contributed by atoms with Crippen molar-refractivity contribution >= 4 is 52.5 Å². The smallest absolute Gasteiger partial charge is 0.298 e. The minimum absolute atomic E-state index is 0.219. The highest BCUT2D eigenvalue weighted by Gasteiger charge is 2.36. The van der Waals surface area contributed by atoms with Gasteiger partial charge in [-0.2, -0.15) is 5.82 Å². The Bertz CT molecular complexity index is 2220.